The van der Waals surface area contributed by atoms with E-state index < -0.39 is 0 Å². The third-order valence-electron chi connectivity index (χ3n) is 3.31. The van der Waals surface area contributed by atoms with Crippen molar-refractivity contribution in [1.29, 1.82) is 0 Å². The number of methoxy groups -OCH3 is 1. The zero-order valence-electron chi connectivity index (χ0n) is 11.7. The van der Waals surface area contributed by atoms with Crippen LogP contribution in [0.4, 0.5) is 0 Å². The molecule has 1 heterocycles. The maximum absolute atomic E-state index is 5.91. The number of halogens is 1. The Labute approximate surface area is 128 Å². The lowest BCUT2D eigenvalue weighted by Gasteiger charge is -2.03. The molecule has 0 aliphatic rings. The summed E-state index contributed by atoms with van der Waals surface area (Å²) >= 11 is 5.91. The predicted octanol–water partition coefficient (Wildman–Crippen LogP) is 4.26. The van der Waals surface area contributed by atoms with Crippen LogP contribution in [0.5, 0.6) is 5.75 Å². The summed E-state index contributed by atoms with van der Waals surface area (Å²) in [5.41, 5.74) is 3.38. The van der Waals surface area contributed by atoms with Crippen molar-refractivity contribution in [1.82, 2.24) is 9.78 Å². The smallest absolute Gasteiger partial charge is 0.118 e. The largest absolute Gasteiger partial charge is 0.497 e. The molecule has 1 aromatic heterocycles. The predicted molar refractivity (Wildman–Crippen MR) is 84.8 cm³/mol. The maximum atomic E-state index is 5.91. The number of benzene rings is 2. The van der Waals surface area contributed by atoms with Crippen molar-refractivity contribution in [2.24, 2.45) is 0 Å². The molecule has 0 radical (unpaired) electrons. The number of aromatic nitrogens is 2. The second-order valence-corrected chi connectivity index (χ2v) is 5.22. The fourth-order valence-corrected chi connectivity index (χ4v) is 2.29. The van der Waals surface area contributed by atoms with Crippen LogP contribution in [0.2, 0.25) is 5.02 Å². The van der Waals surface area contributed by atoms with Crippen LogP contribution in [0, 0.1) is 0 Å². The van der Waals surface area contributed by atoms with Gasteiger partial charge in [0.1, 0.15) is 5.75 Å². The summed E-state index contributed by atoms with van der Waals surface area (Å²) in [5.74, 6) is 0.862. The second kappa shape index (κ2) is 6.02. The van der Waals surface area contributed by atoms with E-state index in [1.54, 1.807) is 7.11 Å². The van der Waals surface area contributed by atoms with Crippen molar-refractivity contribution in [3.8, 4) is 16.9 Å². The maximum Gasteiger partial charge on any atom is 0.118 e. The van der Waals surface area contributed by atoms with E-state index in [4.69, 9.17) is 16.3 Å². The van der Waals surface area contributed by atoms with Gasteiger partial charge in [-0.15, -0.1) is 0 Å². The summed E-state index contributed by atoms with van der Waals surface area (Å²) < 4.78 is 7.08. The van der Waals surface area contributed by atoms with Gasteiger partial charge in [-0.05, 0) is 35.4 Å². The van der Waals surface area contributed by atoms with Crippen LogP contribution in [-0.2, 0) is 6.54 Å². The Morgan fingerprint density at radius 2 is 1.71 bits per heavy atom. The van der Waals surface area contributed by atoms with Gasteiger partial charge in [0.15, 0.2) is 0 Å². The molecule has 0 fully saturated rings. The average molecular weight is 299 g/mol. The SMILES string of the molecule is COc1ccc(Cn2cc(-c3ccc(Cl)cc3)cn2)cc1. The lowest BCUT2D eigenvalue weighted by molar-refractivity contribution is 0.414. The van der Waals surface area contributed by atoms with Crippen molar-refractivity contribution < 1.29 is 4.74 Å². The fraction of sp³-hybridized carbons (Fsp3) is 0.118. The quantitative estimate of drug-likeness (QED) is 0.719. The Morgan fingerprint density at radius 3 is 2.38 bits per heavy atom. The summed E-state index contributed by atoms with van der Waals surface area (Å²) in [6.07, 6.45) is 3.90. The summed E-state index contributed by atoms with van der Waals surface area (Å²) in [6, 6.07) is 15.8. The van der Waals surface area contributed by atoms with Gasteiger partial charge in [0, 0.05) is 16.8 Å². The van der Waals surface area contributed by atoms with Crippen LogP contribution in [0.1, 0.15) is 5.56 Å². The number of ether oxygens (including phenoxy) is 1. The van der Waals surface area contributed by atoms with E-state index in [0.717, 1.165) is 28.4 Å². The van der Waals surface area contributed by atoms with Gasteiger partial charge in [-0.25, -0.2) is 0 Å². The summed E-state index contributed by atoms with van der Waals surface area (Å²) in [4.78, 5) is 0. The van der Waals surface area contributed by atoms with Crippen molar-refractivity contribution in [2.45, 2.75) is 6.54 Å². The van der Waals surface area contributed by atoms with Crippen LogP contribution in [0.25, 0.3) is 11.1 Å². The number of rotatable bonds is 4. The van der Waals surface area contributed by atoms with Gasteiger partial charge < -0.3 is 4.74 Å². The molecule has 3 nitrogen and oxygen atoms in total. The van der Waals surface area contributed by atoms with Gasteiger partial charge in [-0.3, -0.25) is 4.68 Å². The first kappa shape index (κ1) is 13.7. The summed E-state index contributed by atoms with van der Waals surface area (Å²) in [6.45, 7) is 0.734. The molecule has 0 saturated heterocycles. The van der Waals surface area contributed by atoms with Crippen molar-refractivity contribution >= 4 is 11.6 Å². The third-order valence-corrected chi connectivity index (χ3v) is 3.57. The highest BCUT2D eigenvalue weighted by Gasteiger charge is 2.03. The first-order chi connectivity index (χ1) is 10.2. The van der Waals surface area contributed by atoms with Gasteiger partial charge in [0.05, 0.1) is 19.9 Å². The van der Waals surface area contributed by atoms with Crippen LogP contribution in [-0.4, -0.2) is 16.9 Å². The van der Waals surface area contributed by atoms with E-state index in [9.17, 15) is 0 Å². The van der Waals surface area contributed by atoms with Crippen molar-refractivity contribution in [2.75, 3.05) is 7.11 Å². The molecule has 3 rings (SSSR count). The number of nitrogens with zero attached hydrogens (tertiary/aromatic N) is 2. The van der Waals surface area contributed by atoms with E-state index in [-0.39, 0.29) is 0 Å². The molecule has 3 aromatic rings. The molecule has 0 amide bonds. The summed E-state index contributed by atoms with van der Waals surface area (Å²) in [7, 11) is 1.67. The molecule has 0 spiro atoms. The normalized spacial score (nSPS) is 10.6. The lowest BCUT2D eigenvalue weighted by Crippen LogP contribution is -1.99. The highest BCUT2D eigenvalue weighted by molar-refractivity contribution is 6.30. The third kappa shape index (κ3) is 3.26. The minimum absolute atomic E-state index is 0.734. The zero-order valence-corrected chi connectivity index (χ0v) is 12.4. The second-order valence-electron chi connectivity index (χ2n) is 4.78. The average Bonchev–Trinajstić information content (AvgIpc) is 2.97. The molecule has 0 aliphatic carbocycles. The van der Waals surface area contributed by atoms with Crippen LogP contribution < -0.4 is 4.74 Å². The van der Waals surface area contributed by atoms with Gasteiger partial charge in [-0.2, -0.15) is 5.10 Å². The monoisotopic (exact) mass is 298 g/mol. The molecule has 0 bridgehead atoms. The Kier molecular flexibility index (Phi) is 3.93. The van der Waals surface area contributed by atoms with Crippen LogP contribution in [0.15, 0.2) is 60.9 Å². The van der Waals surface area contributed by atoms with E-state index in [1.165, 1.54) is 5.56 Å². The van der Waals surface area contributed by atoms with Crippen LogP contribution >= 0.6 is 11.6 Å². The van der Waals surface area contributed by atoms with Gasteiger partial charge in [-0.1, -0.05) is 35.9 Å². The zero-order chi connectivity index (χ0) is 14.7. The molecule has 106 valence electrons. The Hall–Kier alpha value is -2.26. The first-order valence-corrected chi connectivity index (χ1v) is 7.04. The molecular weight excluding hydrogens is 284 g/mol. The lowest BCUT2D eigenvalue weighted by atomic mass is 10.1. The van der Waals surface area contributed by atoms with Crippen molar-refractivity contribution in [3.05, 3.63) is 71.5 Å². The Balaban J connectivity index is 1.76. The molecule has 2 aromatic carbocycles. The van der Waals surface area contributed by atoms with E-state index >= 15 is 0 Å². The van der Waals surface area contributed by atoms with Gasteiger partial charge in [0.25, 0.3) is 0 Å². The van der Waals surface area contributed by atoms with Gasteiger partial charge in [0.2, 0.25) is 0 Å². The molecule has 0 atom stereocenters. The highest BCUT2D eigenvalue weighted by atomic mass is 35.5. The van der Waals surface area contributed by atoms with Crippen LogP contribution in [0.3, 0.4) is 0 Å². The molecular formula is C17H15ClN2O. The summed E-state index contributed by atoms with van der Waals surface area (Å²) in [5, 5.41) is 5.15. The van der Waals surface area contributed by atoms with Crippen molar-refractivity contribution in [3.63, 3.8) is 0 Å². The molecule has 4 heteroatoms. The molecule has 0 N–H and O–H groups in total. The molecule has 0 unspecified atom stereocenters. The fourth-order valence-electron chi connectivity index (χ4n) is 2.16. The molecule has 0 aliphatic heterocycles. The van der Waals surface area contributed by atoms with E-state index in [2.05, 4.69) is 5.10 Å². The van der Waals surface area contributed by atoms with Gasteiger partial charge >= 0.3 is 0 Å². The molecule has 0 saturated carbocycles. The topological polar surface area (TPSA) is 27.1 Å². The van der Waals surface area contributed by atoms with E-state index in [0.29, 0.717) is 0 Å². The minimum Gasteiger partial charge on any atom is -0.497 e. The molecule has 21 heavy (non-hydrogen) atoms. The number of hydrogen-bond donors (Lipinski definition) is 0. The number of hydrogen-bond acceptors (Lipinski definition) is 2. The first-order valence-electron chi connectivity index (χ1n) is 6.66. The Bertz CT molecular complexity index is 717. The Morgan fingerprint density at radius 1 is 1.00 bits per heavy atom. The standard InChI is InChI=1S/C17H15ClN2O/c1-21-17-8-2-13(3-9-17)11-20-12-15(10-19-20)14-4-6-16(18)7-5-14/h2-10,12H,11H2,1H3. The minimum atomic E-state index is 0.734. The highest BCUT2D eigenvalue weighted by Crippen LogP contribution is 2.21. The van der Waals surface area contributed by atoms with E-state index in [1.807, 2.05) is 65.6 Å².